The molecule has 1 aromatic carbocycles. The van der Waals surface area contributed by atoms with Crippen LogP contribution in [0.15, 0.2) is 35.3 Å². The Kier molecular flexibility index (Phi) is 2.83. The minimum atomic E-state index is -0.926. The summed E-state index contributed by atoms with van der Waals surface area (Å²) in [5, 5.41) is 13.2. The lowest BCUT2D eigenvalue weighted by atomic mass is 10.2. The monoisotopic (exact) mass is 272 g/mol. The van der Waals surface area contributed by atoms with Gasteiger partial charge in [0.25, 0.3) is 0 Å². The number of hydrogen-bond acceptors (Lipinski definition) is 3. The summed E-state index contributed by atoms with van der Waals surface area (Å²) in [4.78, 5) is 15.2. The number of carboxylic acids is 1. The van der Waals surface area contributed by atoms with Crippen LogP contribution in [0.25, 0.3) is 11.0 Å². The fourth-order valence-electron chi connectivity index (χ4n) is 2.06. The maximum Gasteiger partial charge on any atom is 0.335 e. The third kappa shape index (κ3) is 2.13. The zero-order valence-electron chi connectivity index (χ0n) is 10.3. The van der Waals surface area contributed by atoms with E-state index >= 15 is 0 Å². The molecule has 0 aliphatic rings. The van der Waals surface area contributed by atoms with Crippen LogP contribution in [0.5, 0.6) is 0 Å². The van der Waals surface area contributed by atoms with E-state index in [0.717, 1.165) is 12.1 Å². The Bertz CT molecular complexity index is 758. The first-order valence-electron chi connectivity index (χ1n) is 5.85. The number of hydrogen-bond donors (Lipinski definition) is 1. The van der Waals surface area contributed by atoms with E-state index in [-0.39, 0.29) is 5.56 Å². The fourth-order valence-corrected chi connectivity index (χ4v) is 2.90. The van der Waals surface area contributed by atoms with Crippen molar-refractivity contribution in [3.8, 4) is 0 Å². The van der Waals surface area contributed by atoms with Gasteiger partial charge in [0.05, 0.1) is 29.5 Å². The van der Waals surface area contributed by atoms with Gasteiger partial charge in [-0.2, -0.15) is 11.3 Å². The van der Waals surface area contributed by atoms with Crippen molar-refractivity contribution >= 4 is 28.3 Å². The summed E-state index contributed by atoms with van der Waals surface area (Å²) in [7, 11) is 0. The molecule has 5 heteroatoms. The number of carbonyl (C=O) groups is 1. The first kappa shape index (κ1) is 11.9. The number of carboxylic acid groups (broad SMARTS) is 1. The zero-order chi connectivity index (χ0) is 13.4. The van der Waals surface area contributed by atoms with Crippen LogP contribution >= 0.6 is 11.3 Å². The van der Waals surface area contributed by atoms with Gasteiger partial charge in [-0.15, -0.1) is 0 Å². The smallest absolute Gasteiger partial charge is 0.335 e. The van der Waals surface area contributed by atoms with Crippen LogP contribution in [0.4, 0.5) is 0 Å². The van der Waals surface area contributed by atoms with Crippen LogP contribution in [0.1, 0.15) is 21.5 Å². The number of thiophene rings is 1. The Labute approximate surface area is 113 Å². The van der Waals surface area contributed by atoms with Gasteiger partial charge >= 0.3 is 5.97 Å². The second-order valence-electron chi connectivity index (χ2n) is 4.46. The van der Waals surface area contributed by atoms with Crippen LogP contribution in [0, 0.1) is 6.92 Å². The van der Waals surface area contributed by atoms with Crippen molar-refractivity contribution in [2.24, 2.45) is 0 Å². The van der Waals surface area contributed by atoms with Crippen molar-refractivity contribution in [2.45, 2.75) is 13.5 Å². The molecule has 0 amide bonds. The van der Waals surface area contributed by atoms with Gasteiger partial charge in [-0.25, -0.2) is 9.78 Å². The first-order chi connectivity index (χ1) is 9.15. The highest BCUT2D eigenvalue weighted by Gasteiger charge is 2.09. The van der Waals surface area contributed by atoms with E-state index in [1.54, 1.807) is 29.8 Å². The molecule has 0 bridgehead atoms. The molecule has 4 nitrogen and oxygen atoms in total. The molecule has 3 aromatic rings. The molecule has 0 aliphatic carbocycles. The average Bonchev–Trinajstić information content (AvgIpc) is 2.97. The van der Waals surface area contributed by atoms with Gasteiger partial charge < -0.3 is 9.67 Å². The van der Waals surface area contributed by atoms with E-state index in [1.165, 1.54) is 11.1 Å². The molecule has 0 fully saturated rings. The third-order valence-electron chi connectivity index (χ3n) is 3.17. The summed E-state index contributed by atoms with van der Waals surface area (Å²) in [6.45, 7) is 2.85. The number of benzene rings is 1. The van der Waals surface area contributed by atoms with Crippen LogP contribution < -0.4 is 0 Å². The highest BCUT2D eigenvalue weighted by Crippen LogP contribution is 2.19. The van der Waals surface area contributed by atoms with Crippen molar-refractivity contribution in [1.82, 2.24) is 9.55 Å². The molecule has 19 heavy (non-hydrogen) atoms. The molecule has 0 radical (unpaired) electrons. The predicted octanol–water partition coefficient (Wildman–Crippen LogP) is 3.15. The molecule has 0 atom stereocenters. The van der Waals surface area contributed by atoms with E-state index < -0.39 is 5.97 Å². The van der Waals surface area contributed by atoms with Gasteiger partial charge in [0.1, 0.15) is 0 Å². The maximum absolute atomic E-state index is 10.9. The standard InChI is InChI=1S/C14H12N2O2S/c1-9-6-19-7-11(9)5-16-8-15-12-4-10(14(17)18)2-3-13(12)16/h2-4,6-8H,5H2,1H3,(H,17,18). The number of aromatic nitrogens is 2. The van der Waals surface area contributed by atoms with E-state index in [9.17, 15) is 4.79 Å². The van der Waals surface area contributed by atoms with E-state index in [2.05, 4.69) is 22.7 Å². The first-order valence-corrected chi connectivity index (χ1v) is 6.79. The van der Waals surface area contributed by atoms with Gasteiger partial charge in [-0.05, 0) is 47.0 Å². The molecule has 1 N–H and O–H groups in total. The summed E-state index contributed by atoms with van der Waals surface area (Å²) in [6, 6.07) is 5.03. The largest absolute Gasteiger partial charge is 0.478 e. The fraction of sp³-hybridized carbons (Fsp3) is 0.143. The van der Waals surface area contributed by atoms with Crippen LogP contribution in [0.2, 0.25) is 0 Å². The molecule has 2 heterocycles. The Balaban J connectivity index is 2.02. The zero-order valence-corrected chi connectivity index (χ0v) is 11.1. The van der Waals surface area contributed by atoms with Crippen molar-refractivity contribution in [3.05, 3.63) is 52.0 Å². The number of nitrogens with zero attached hydrogens (tertiary/aromatic N) is 2. The van der Waals surface area contributed by atoms with Gasteiger partial charge in [0, 0.05) is 0 Å². The molecule has 3 rings (SSSR count). The lowest BCUT2D eigenvalue weighted by molar-refractivity contribution is 0.0697. The van der Waals surface area contributed by atoms with E-state index in [4.69, 9.17) is 5.11 Å². The SMILES string of the molecule is Cc1cscc1Cn1cnc2cc(C(=O)O)ccc21. The number of imidazole rings is 1. The minimum Gasteiger partial charge on any atom is -0.478 e. The van der Waals surface area contributed by atoms with Gasteiger partial charge in [0.2, 0.25) is 0 Å². The van der Waals surface area contributed by atoms with Crippen LogP contribution in [-0.2, 0) is 6.54 Å². The second-order valence-corrected chi connectivity index (χ2v) is 5.20. The summed E-state index contributed by atoms with van der Waals surface area (Å²) in [5.41, 5.74) is 4.48. The summed E-state index contributed by atoms with van der Waals surface area (Å²) in [5.74, 6) is -0.926. The number of rotatable bonds is 3. The van der Waals surface area contributed by atoms with Gasteiger partial charge in [0.15, 0.2) is 0 Å². The number of aromatic carboxylic acids is 1. The number of aryl methyl sites for hydroxylation is 1. The molecule has 96 valence electrons. The van der Waals surface area contributed by atoms with Gasteiger partial charge in [-0.3, -0.25) is 0 Å². The molecule has 0 aliphatic heterocycles. The number of fused-ring (bicyclic) bond motifs is 1. The van der Waals surface area contributed by atoms with Crippen molar-refractivity contribution in [1.29, 1.82) is 0 Å². The van der Waals surface area contributed by atoms with E-state index in [0.29, 0.717) is 5.52 Å². The Morgan fingerprint density at radius 1 is 1.42 bits per heavy atom. The van der Waals surface area contributed by atoms with Crippen LogP contribution in [0.3, 0.4) is 0 Å². The Hall–Kier alpha value is -2.14. The predicted molar refractivity (Wildman–Crippen MR) is 74.9 cm³/mol. The third-order valence-corrected chi connectivity index (χ3v) is 4.08. The van der Waals surface area contributed by atoms with Gasteiger partial charge in [-0.1, -0.05) is 0 Å². The Morgan fingerprint density at radius 3 is 2.95 bits per heavy atom. The summed E-state index contributed by atoms with van der Waals surface area (Å²) in [6.07, 6.45) is 1.76. The normalized spacial score (nSPS) is 11.0. The molecule has 0 unspecified atom stereocenters. The highest BCUT2D eigenvalue weighted by molar-refractivity contribution is 7.08. The Morgan fingerprint density at radius 2 is 2.26 bits per heavy atom. The van der Waals surface area contributed by atoms with E-state index in [1.807, 2.05) is 10.6 Å². The van der Waals surface area contributed by atoms with Crippen molar-refractivity contribution in [2.75, 3.05) is 0 Å². The topological polar surface area (TPSA) is 55.1 Å². The highest BCUT2D eigenvalue weighted by atomic mass is 32.1. The van der Waals surface area contributed by atoms with Crippen molar-refractivity contribution in [3.63, 3.8) is 0 Å². The molecule has 0 saturated heterocycles. The molecular formula is C14H12N2O2S. The lowest BCUT2D eigenvalue weighted by Crippen LogP contribution is -1.99. The lowest BCUT2D eigenvalue weighted by Gasteiger charge is -2.04. The molecule has 0 spiro atoms. The summed E-state index contributed by atoms with van der Waals surface area (Å²) < 4.78 is 2.04. The second kappa shape index (κ2) is 4.51. The minimum absolute atomic E-state index is 0.268. The molecular weight excluding hydrogens is 260 g/mol. The molecule has 0 saturated carbocycles. The van der Waals surface area contributed by atoms with Crippen LogP contribution in [-0.4, -0.2) is 20.6 Å². The summed E-state index contributed by atoms with van der Waals surface area (Å²) >= 11 is 1.69. The average molecular weight is 272 g/mol. The molecule has 2 aromatic heterocycles. The quantitative estimate of drug-likeness (QED) is 0.796. The van der Waals surface area contributed by atoms with Crippen molar-refractivity contribution < 1.29 is 9.90 Å². The maximum atomic E-state index is 10.9.